The summed E-state index contributed by atoms with van der Waals surface area (Å²) in [6.45, 7) is 0.273. The summed E-state index contributed by atoms with van der Waals surface area (Å²) in [5.74, 6) is -0.187. The molecule has 0 aliphatic rings. The van der Waals surface area contributed by atoms with Crippen LogP contribution in [0.15, 0.2) is 30.6 Å². The van der Waals surface area contributed by atoms with E-state index in [4.69, 9.17) is 17.3 Å². The predicted molar refractivity (Wildman–Crippen MR) is 67.1 cm³/mol. The molecule has 0 radical (unpaired) electrons. The van der Waals surface area contributed by atoms with Crippen molar-refractivity contribution in [2.45, 2.75) is 6.54 Å². The van der Waals surface area contributed by atoms with Crippen LogP contribution < -0.4 is 11.1 Å². The molecular weight excluding hydrogens is 254 g/mol. The Kier molecular flexibility index (Phi) is 3.81. The summed E-state index contributed by atoms with van der Waals surface area (Å²) in [6, 6.07) is 4.72. The van der Waals surface area contributed by atoms with Crippen molar-refractivity contribution in [2.75, 3.05) is 5.32 Å². The van der Waals surface area contributed by atoms with Gasteiger partial charge in [-0.15, -0.1) is 0 Å². The number of carbonyl (C=O) groups excluding carboxylic acids is 1. The highest BCUT2D eigenvalue weighted by molar-refractivity contribution is 6.29. The Labute approximate surface area is 108 Å². The van der Waals surface area contributed by atoms with Crippen LogP contribution in [-0.2, 0) is 6.54 Å². The Balaban J connectivity index is 2.16. The summed E-state index contributed by atoms with van der Waals surface area (Å²) >= 11 is 5.69. The first-order valence-corrected chi connectivity index (χ1v) is 5.52. The van der Waals surface area contributed by atoms with Crippen molar-refractivity contribution in [1.82, 2.24) is 15.0 Å². The number of halogens is 1. The highest BCUT2D eigenvalue weighted by atomic mass is 35.5. The Bertz CT molecular complexity index is 575. The van der Waals surface area contributed by atoms with E-state index in [2.05, 4.69) is 20.3 Å². The minimum atomic E-state index is -0.339. The van der Waals surface area contributed by atoms with Gasteiger partial charge >= 0.3 is 0 Å². The van der Waals surface area contributed by atoms with Crippen LogP contribution in [0.25, 0.3) is 0 Å². The lowest BCUT2D eigenvalue weighted by atomic mass is 10.2. The third-order valence-electron chi connectivity index (χ3n) is 2.13. The fraction of sp³-hybridized carbons (Fsp3) is 0.0909. The van der Waals surface area contributed by atoms with E-state index in [1.54, 1.807) is 12.1 Å². The minimum Gasteiger partial charge on any atom is -0.325 e. The molecule has 0 unspecified atom stereocenters. The van der Waals surface area contributed by atoms with Gasteiger partial charge in [0.2, 0.25) is 5.95 Å². The molecule has 0 aliphatic heterocycles. The fourth-order valence-electron chi connectivity index (χ4n) is 1.30. The lowest BCUT2D eigenvalue weighted by Crippen LogP contribution is -2.15. The molecule has 7 heteroatoms. The number of nitrogens with two attached hydrogens (primary N) is 1. The summed E-state index contributed by atoms with van der Waals surface area (Å²) in [5.41, 5.74) is 6.53. The average Bonchev–Trinajstić information content (AvgIpc) is 2.39. The zero-order chi connectivity index (χ0) is 13.0. The highest BCUT2D eigenvalue weighted by Crippen LogP contribution is 2.08. The van der Waals surface area contributed by atoms with Gasteiger partial charge in [-0.25, -0.2) is 9.97 Å². The number of nitrogens with one attached hydrogen (secondary N) is 1. The van der Waals surface area contributed by atoms with Crippen LogP contribution in [0.3, 0.4) is 0 Å². The second-order valence-corrected chi connectivity index (χ2v) is 3.78. The first-order chi connectivity index (χ1) is 8.69. The van der Waals surface area contributed by atoms with E-state index < -0.39 is 0 Å². The lowest BCUT2D eigenvalue weighted by Gasteiger charge is -2.04. The van der Waals surface area contributed by atoms with Crippen LogP contribution in [0.2, 0.25) is 5.15 Å². The number of amides is 1. The first-order valence-electron chi connectivity index (χ1n) is 5.14. The number of hydrogen-bond donors (Lipinski definition) is 2. The van der Waals surface area contributed by atoms with Gasteiger partial charge in [-0.2, -0.15) is 0 Å². The standard InChI is InChI=1S/C11H10ClN5O/c12-9-2-4-15-11(16-9)17-10(18)7-1-3-14-8(5-7)6-13/h1-5H,6,13H2,(H,15,16,17,18). The van der Waals surface area contributed by atoms with E-state index >= 15 is 0 Å². The van der Waals surface area contributed by atoms with Gasteiger partial charge in [-0.3, -0.25) is 15.1 Å². The molecule has 1 amide bonds. The molecule has 2 aromatic heterocycles. The maximum atomic E-state index is 11.9. The molecule has 0 spiro atoms. The van der Waals surface area contributed by atoms with Gasteiger partial charge in [0.1, 0.15) is 5.15 Å². The van der Waals surface area contributed by atoms with Gasteiger partial charge in [-0.1, -0.05) is 11.6 Å². The molecular formula is C11H10ClN5O. The van der Waals surface area contributed by atoms with Crippen LogP contribution >= 0.6 is 11.6 Å². The molecule has 2 heterocycles. The molecule has 0 saturated heterocycles. The first kappa shape index (κ1) is 12.4. The molecule has 6 nitrogen and oxygen atoms in total. The number of nitrogens with zero attached hydrogens (tertiary/aromatic N) is 3. The number of pyridine rings is 1. The Morgan fingerprint density at radius 3 is 2.83 bits per heavy atom. The normalized spacial score (nSPS) is 10.1. The van der Waals surface area contributed by atoms with Gasteiger partial charge in [0, 0.05) is 24.5 Å². The van der Waals surface area contributed by atoms with E-state index in [9.17, 15) is 4.79 Å². The molecule has 0 bridgehead atoms. The minimum absolute atomic E-state index is 0.151. The van der Waals surface area contributed by atoms with Gasteiger partial charge in [0.05, 0.1) is 5.69 Å². The van der Waals surface area contributed by atoms with Gasteiger partial charge in [-0.05, 0) is 18.2 Å². The SMILES string of the molecule is NCc1cc(C(=O)Nc2nccc(Cl)n2)ccn1. The van der Waals surface area contributed by atoms with E-state index in [-0.39, 0.29) is 23.6 Å². The highest BCUT2D eigenvalue weighted by Gasteiger charge is 2.08. The Morgan fingerprint density at radius 2 is 2.11 bits per heavy atom. The third-order valence-corrected chi connectivity index (χ3v) is 2.35. The summed E-state index contributed by atoms with van der Waals surface area (Å²) in [7, 11) is 0. The number of carbonyl (C=O) groups is 1. The molecule has 2 aromatic rings. The Hall–Kier alpha value is -2.05. The van der Waals surface area contributed by atoms with E-state index in [1.165, 1.54) is 18.5 Å². The number of anilines is 1. The second-order valence-electron chi connectivity index (χ2n) is 3.40. The smallest absolute Gasteiger partial charge is 0.258 e. The van der Waals surface area contributed by atoms with Crippen LogP contribution in [0.5, 0.6) is 0 Å². The van der Waals surface area contributed by atoms with E-state index in [0.29, 0.717) is 11.3 Å². The van der Waals surface area contributed by atoms with Crippen molar-refractivity contribution >= 4 is 23.5 Å². The quantitative estimate of drug-likeness (QED) is 0.813. The molecule has 18 heavy (non-hydrogen) atoms. The van der Waals surface area contributed by atoms with E-state index in [0.717, 1.165) is 0 Å². The van der Waals surface area contributed by atoms with Crippen molar-refractivity contribution in [2.24, 2.45) is 5.73 Å². The van der Waals surface area contributed by atoms with Gasteiger partial charge in [0.25, 0.3) is 5.91 Å². The van der Waals surface area contributed by atoms with Gasteiger partial charge in [0.15, 0.2) is 0 Å². The molecule has 0 aliphatic carbocycles. The molecule has 2 rings (SSSR count). The van der Waals surface area contributed by atoms with Crippen molar-refractivity contribution in [3.63, 3.8) is 0 Å². The summed E-state index contributed by atoms with van der Waals surface area (Å²) in [6.07, 6.45) is 2.98. The van der Waals surface area contributed by atoms with Crippen LogP contribution in [-0.4, -0.2) is 20.9 Å². The molecule has 0 fully saturated rings. The second kappa shape index (κ2) is 5.52. The number of aromatic nitrogens is 3. The summed E-state index contributed by atoms with van der Waals surface area (Å²) in [5, 5.41) is 2.80. The summed E-state index contributed by atoms with van der Waals surface area (Å²) < 4.78 is 0. The summed E-state index contributed by atoms with van der Waals surface area (Å²) in [4.78, 5) is 23.6. The zero-order valence-electron chi connectivity index (χ0n) is 9.30. The Morgan fingerprint density at radius 1 is 1.33 bits per heavy atom. The predicted octanol–water partition coefficient (Wildman–Crippen LogP) is 1.24. The van der Waals surface area contributed by atoms with Crippen molar-refractivity contribution in [3.05, 3.63) is 47.0 Å². The van der Waals surface area contributed by atoms with Crippen LogP contribution in [0.4, 0.5) is 5.95 Å². The largest absolute Gasteiger partial charge is 0.325 e. The van der Waals surface area contributed by atoms with E-state index in [1.807, 2.05) is 0 Å². The number of hydrogen-bond acceptors (Lipinski definition) is 5. The van der Waals surface area contributed by atoms with Gasteiger partial charge < -0.3 is 5.73 Å². The van der Waals surface area contributed by atoms with Crippen molar-refractivity contribution in [1.29, 1.82) is 0 Å². The molecule has 0 aromatic carbocycles. The lowest BCUT2D eigenvalue weighted by molar-refractivity contribution is 0.102. The molecule has 0 saturated carbocycles. The third kappa shape index (κ3) is 2.99. The molecule has 3 N–H and O–H groups in total. The number of rotatable bonds is 3. The zero-order valence-corrected chi connectivity index (χ0v) is 10.1. The maximum Gasteiger partial charge on any atom is 0.258 e. The monoisotopic (exact) mass is 263 g/mol. The fourth-order valence-corrected chi connectivity index (χ4v) is 1.44. The topological polar surface area (TPSA) is 93.8 Å². The van der Waals surface area contributed by atoms with Crippen molar-refractivity contribution in [3.8, 4) is 0 Å². The molecule has 92 valence electrons. The van der Waals surface area contributed by atoms with Crippen molar-refractivity contribution < 1.29 is 4.79 Å². The molecule has 0 atom stereocenters. The maximum absolute atomic E-state index is 11.9. The average molecular weight is 264 g/mol. The van der Waals surface area contributed by atoms with Crippen LogP contribution in [0.1, 0.15) is 16.1 Å². The van der Waals surface area contributed by atoms with Crippen LogP contribution in [0, 0.1) is 0 Å².